The molecule has 2 heterocycles. The smallest absolute Gasteiger partial charge is 0.305 e. The predicted molar refractivity (Wildman–Crippen MR) is 90.9 cm³/mol. The Morgan fingerprint density at radius 2 is 2.04 bits per heavy atom. The number of fused-ring (bicyclic) bond motifs is 1. The normalized spacial score (nSPS) is 15.7. The van der Waals surface area contributed by atoms with Crippen molar-refractivity contribution in [3.05, 3.63) is 35.6 Å². The van der Waals surface area contributed by atoms with Crippen LogP contribution in [0.25, 0.3) is 11.0 Å². The first kappa shape index (κ1) is 16.6. The maximum Gasteiger partial charge on any atom is 0.305 e. The molecule has 0 saturated carbocycles. The van der Waals surface area contributed by atoms with Crippen molar-refractivity contribution in [1.29, 1.82) is 0 Å². The van der Waals surface area contributed by atoms with E-state index in [0.717, 1.165) is 30.2 Å². The van der Waals surface area contributed by atoms with Gasteiger partial charge in [-0.05, 0) is 42.9 Å². The highest BCUT2D eigenvalue weighted by molar-refractivity contribution is 6.06. The highest BCUT2D eigenvalue weighted by Gasteiger charge is 2.27. The molecule has 1 amide bonds. The fourth-order valence-electron chi connectivity index (χ4n) is 3.29. The lowest BCUT2D eigenvalue weighted by Crippen LogP contribution is -2.38. The van der Waals surface area contributed by atoms with Crippen LogP contribution in [0.2, 0.25) is 0 Å². The van der Waals surface area contributed by atoms with E-state index in [-0.39, 0.29) is 11.9 Å². The van der Waals surface area contributed by atoms with E-state index in [0.29, 0.717) is 31.0 Å². The molecular weight excluding hydrogens is 306 g/mol. The Bertz CT molecular complexity index is 741. The van der Waals surface area contributed by atoms with Gasteiger partial charge in [0.05, 0.1) is 12.7 Å². The number of likely N-dealkylation sites (tertiary alicyclic amines) is 1. The van der Waals surface area contributed by atoms with Gasteiger partial charge in [-0.25, -0.2) is 0 Å². The third-order valence-electron chi connectivity index (χ3n) is 4.86. The molecule has 1 saturated heterocycles. The fourth-order valence-corrected chi connectivity index (χ4v) is 3.29. The molecule has 2 aromatic rings. The number of hydrogen-bond acceptors (Lipinski definition) is 4. The highest BCUT2D eigenvalue weighted by Crippen LogP contribution is 2.27. The molecule has 1 aliphatic heterocycles. The first-order valence-electron chi connectivity index (χ1n) is 8.48. The maximum absolute atomic E-state index is 12.8. The van der Waals surface area contributed by atoms with Crippen LogP contribution < -0.4 is 0 Å². The van der Waals surface area contributed by atoms with Gasteiger partial charge < -0.3 is 14.1 Å². The largest absolute Gasteiger partial charge is 0.469 e. The third-order valence-corrected chi connectivity index (χ3v) is 4.86. The van der Waals surface area contributed by atoms with Crippen LogP contribution in [0.1, 0.15) is 42.1 Å². The van der Waals surface area contributed by atoms with Gasteiger partial charge in [-0.15, -0.1) is 0 Å². The summed E-state index contributed by atoms with van der Waals surface area (Å²) in [7, 11) is 1.41. The number of carbonyl (C=O) groups is 2. The van der Waals surface area contributed by atoms with E-state index in [9.17, 15) is 9.59 Å². The van der Waals surface area contributed by atoms with Crippen molar-refractivity contribution < 1.29 is 18.7 Å². The third kappa shape index (κ3) is 3.30. The van der Waals surface area contributed by atoms with Crippen molar-refractivity contribution in [2.24, 2.45) is 5.92 Å². The number of ether oxygens (including phenoxy) is 1. The Morgan fingerprint density at radius 3 is 2.71 bits per heavy atom. The SMILES string of the molecule is CCc1ccc2occ(C(=O)N3CCC(CC(=O)OC)CC3)c2c1. The summed E-state index contributed by atoms with van der Waals surface area (Å²) in [6.45, 7) is 3.43. The molecule has 1 aliphatic rings. The molecule has 0 radical (unpaired) electrons. The summed E-state index contributed by atoms with van der Waals surface area (Å²) in [5, 5.41) is 0.885. The summed E-state index contributed by atoms with van der Waals surface area (Å²) in [5.74, 6) is 0.139. The number of piperidine rings is 1. The number of amides is 1. The molecule has 0 aliphatic carbocycles. The number of furan rings is 1. The van der Waals surface area contributed by atoms with E-state index < -0.39 is 0 Å². The van der Waals surface area contributed by atoms with Gasteiger partial charge in [0.25, 0.3) is 5.91 Å². The van der Waals surface area contributed by atoms with Crippen molar-refractivity contribution in [2.45, 2.75) is 32.6 Å². The molecule has 1 aromatic carbocycles. The molecule has 3 rings (SSSR count). The van der Waals surface area contributed by atoms with E-state index in [1.807, 2.05) is 23.1 Å². The van der Waals surface area contributed by atoms with Crippen molar-refractivity contribution >= 4 is 22.8 Å². The summed E-state index contributed by atoms with van der Waals surface area (Å²) in [4.78, 5) is 26.1. The van der Waals surface area contributed by atoms with Crippen molar-refractivity contribution in [3.63, 3.8) is 0 Å². The first-order chi connectivity index (χ1) is 11.6. The average Bonchev–Trinajstić information content (AvgIpc) is 3.04. The van der Waals surface area contributed by atoms with Crippen LogP contribution >= 0.6 is 0 Å². The van der Waals surface area contributed by atoms with Gasteiger partial charge in [0, 0.05) is 24.9 Å². The minimum absolute atomic E-state index is 0.0125. The van der Waals surface area contributed by atoms with Crippen molar-refractivity contribution in [1.82, 2.24) is 4.90 Å². The van der Waals surface area contributed by atoms with Crippen LogP contribution in [-0.2, 0) is 16.0 Å². The summed E-state index contributed by atoms with van der Waals surface area (Å²) in [6.07, 6.45) is 4.58. The van der Waals surface area contributed by atoms with Crippen LogP contribution in [-0.4, -0.2) is 37.0 Å². The Balaban J connectivity index is 1.70. The first-order valence-corrected chi connectivity index (χ1v) is 8.48. The maximum atomic E-state index is 12.8. The standard InChI is InChI=1S/C19H23NO4/c1-3-13-4-5-17-15(10-13)16(12-24-17)19(22)20-8-6-14(7-9-20)11-18(21)23-2/h4-5,10,12,14H,3,6-9,11H2,1-2H3. The van der Waals surface area contributed by atoms with E-state index in [1.165, 1.54) is 12.7 Å². The molecule has 128 valence electrons. The van der Waals surface area contributed by atoms with Gasteiger partial charge in [0.1, 0.15) is 11.8 Å². The number of carbonyl (C=O) groups excluding carboxylic acids is 2. The summed E-state index contributed by atoms with van der Waals surface area (Å²) >= 11 is 0. The molecular formula is C19H23NO4. The lowest BCUT2D eigenvalue weighted by atomic mass is 9.93. The molecule has 0 spiro atoms. The van der Waals surface area contributed by atoms with Gasteiger partial charge in [0.15, 0.2) is 0 Å². The number of esters is 1. The van der Waals surface area contributed by atoms with Gasteiger partial charge in [-0.3, -0.25) is 9.59 Å². The predicted octanol–water partition coefficient (Wildman–Crippen LogP) is 3.41. The highest BCUT2D eigenvalue weighted by atomic mass is 16.5. The summed E-state index contributed by atoms with van der Waals surface area (Å²) in [5.41, 5.74) is 2.57. The average molecular weight is 329 g/mol. The van der Waals surface area contributed by atoms with Crippen LogP contribution in [0, 0.1) is 5.92 Å². The quantitative estimate of drug-likeness (QED) is 0.807. The molecule has 5 heteroatoms. The molecule has 5 nitrogen and oxygen atoms in total. The number of nitrogens with zero attached hydrogens (tertiary/aromatic N) is 1. The van der Waals surface area contributed by atoms with Crippen LogP contribution in [0.4, 0.5) is 0 Å². The molecule has 24 heavy (non-hydrogen) atoms. The Kier molecular flexibility index (Phi) is 4.88. The monoisotopic (exact) mass is 329 g/mol. The number of aryl methyl sites for hydroxylation is 1. The van der Waals surface area contributed by atoms with E-state index in [4.69, 9.17) is 9.15 Å². The van der Waals surface area contributed by atoms with E-state index in [2.05, 4.69) is 6.92 Å². The van der Waals surface area contributed by atoms with E-state index in [1.54, 1.807) is 6.26 Å². The van der Waals surface area contributed by atoms with Gasteiger partial charge in [0.2, 0.25) is 0 Å². The van der Waals surface area contributed by atoms with Gasteiger partial charge in [-0.2, -0.15) is 0 Å². The zero-order valence-corrected chi connectivity index (χ0v) is 14.2. The fraction of sp³-hybridized carbons (Fsp3) is 0.474. The zero-order chi connectivity index (χ0) is 17.1. The minimum Gasteiger partial charge on any atom is -0.469 e. The molecule has 0 N–H and O–H groups in total. The number of benzene rings is 1. The second kappa shape index (κ2) is 7.07. The van der Waals surface area contributed by atoms with Crippen LogP contribution in [0.15, 0.2) is 28.9 Å². The van der Waals surface area contributed by atoms with Crippen LogP contribution in [0.3, 0.4) is 0 Å². The van der Waals surface area contributed by atoms with Crippen molar-refractivity contribution in [3.8, 4) is 0 Å². The number of methoxy groups -OCH3 is 1. The number of rotatable bonds is 4. The van der Waals surface area contributed by atoms with Crippen molar-refractivity contribution in [2.75, 3.05) is 20.2 Å². The molecule has 0 bridgehead atoms. The van der Waals surface area contributed by atoms with E-state index >= 15 is 0 Å². The Labute approximate surface area is 141 Å². The molecule has 0 atom stereocenters. The topological polar surface area (TPSA) is 59.8 Å². The lowest BCUT2D eigenvalue weighted by molar-refractivity contribution is -0.142. The second-order valence-corrected chi connectivity index (χ2v) is 6.35. The van der Waals surface area contributed by atoms with Crippen LogP contribution in [0.5, 0.6) is 0 Å². The lowest BCUT2D eigenvalue weighted by Gasteiger charge is -2.31. The number of hydrogen-bond donors (Lipinski definition) is 0. The van der Waals surface area contributed by atoms with Gasteiger partial charge in [-0.1, -0.05) is 13.0 Å². The summed E-state index contributed by atoms with van der Waals surface area (Å²) in [6, 6.07) is 5.99. The zero-order valence-electron chi connectivity index (χ0n) is 14.2. The van der Waals surface area contributed by atoms with Gasteiger partial charge >= 0.3 is 5.97 Å². The minimum atomic E-state index is -0.173. The summed E-state index contributed by atoms with van der Waals surface area (Å²) < 4.78 is 10.3. The molecule has 0 unspecified atom stereocenters. The molecule has 1 fully saturated rings. The Hall–Kier alpha value is -2.30. The second-order valence-electron chi connectivity index (χ2n) is 6.35. The Morgan fingerprint density at radius 1 is 1.29 bits per heavy atom. The molecule has 1 aromatic heterocycles.